The molecular formula is C13H15N3O3. The van der Waals surface area contributed by atoms with Crippen molar-refractivity contribution in [3.8, 4) is 0 Å². The molecule has 0 radical (unpaired) electrons. The molecule has 3 N–H and O–H groups in total. The van der Waals surface area contributed by atoms with Gasteiger partial charge in [0.05, 0.1) is 0 Å². The van der Waals surface area contributed by atoms with Crippen LogP contribution >= 0.6 is 0 Å². The second-order valence-corrected chi connectivity index (χ2v) is 4.59. The van der Waals surface area contributed by atoms with Crippen LogP contribution in [0, 0.1) is 0 Å². The molecule has 1 aliphatic heterocycles. The number of primary amides is 1. The summed E-state index contributed by atoms with van der Waals surface area (Å²) in [7, 11) is 0. The van der Waals surface area contributed by atoms with Gasteiger partial charge in [0.15, 0.2) is 0 Å². The van der Waals surface area contributed by atoms with Crippen molar-refractivity contribution in [3.05, 3.63) is 35.9 Å². The maximum Gasteiger partial charge on any atom is 0.325 e. The van der Waals surface area contributed by atoms with Crippen molar-refractivity contribution in [1.82, 2.24) is 10.2 Å². The van der Waals surface area contributed by atoms with E-state index in [1.54, 1.807) is 31.2 Å². The zero-order valence-electron chi connectivity index (χ0n) is 10.6. The summed E-state index contributed by atoms with van der Waals surface area (Å²) in [6.07, 6.45) is -0.0377. The Morgan fingerprint density at radius 3 is 2.53 bits per heavy atom. The monoisotopic (exact) mass is 261 g/mol. The molecule has 1 atom stereocenters. The molecule has 0 bridgehead atoms. The fourth-order valence-electron chi connectivity index (χ4n) is 2.09. The van der Waals surface area contributed by atoms with E-state index < -0.39 is 17.5 Å². The molecule has 1 aromatic carbocycles. The fraction of sp³-hybridized carbons (Fsp3) is 0.308. The van der Waals surface area contributed by atoms with Crippen LogP contribution < -0.4 is 11.1 Å². The standard InChI is InChI=1S/C13H15N3O3/c1-13(9-5-3-2-4-6-9)11(18)16(12(19)15-13)8-7-10(14)17/h2-6H,7-8H2,1H3,(H2,14,17)(H,15,19). The Morgan fingerprint density at radius 1 is 1.32 bits per heavy atom. The Hall–Kier alpha value is -2.37. The Labute approximate surface area is 110 Å². The fourth-order valence-corrected chi connectivity index (χ4v) is 2.09. The molecule has 4 amide bonds. The van der Waals surface area contributed by atoms with Crippen LogP contribution in [0.4, 0.5) is 4.79 Å². The van der Waals surface area contributed by atoms with Gasteiger partial charge in [0.1, 0.15) is 5.54 Å². The molecule has 0 spiro atoms. The summed E-state index contributed by atoms with van der Waals surface area (Å²) >= 11 is 0. The molecule has 1 fully saturated rings. The number of rotatable bonds is 4. The van der Waals surface area contributed by atoms with Gasteiger partial charge in [-0.05, 0) is 12.5 Å². The summed E-state index contributed by atoms with van der Waals surface area (Å²) in [5.41, 5.74) is 4.65. The van der Waals surface area contributed by atoms with Crippen LogP contribution in [0.15, 0.2) is 30.3 Å². The van der Waals surface area contributed by atoms with E-state index >= 15 is 0 Å². The molecule has 100 valence electrons. The predicted molar refractivity (Wildman–Crippen MR) is 67.9 cm³/mol. The number of amides is 4. The van der Waals surface area contributed by atoms with Gasteiger partial charge in [-0.15, -0.1) is 0 Å². The summed E-state index contributed by atoms with van der Waals surface area (Å²) < 4.78 is 0. The van der Waals surface area contributed by atoms with E-state index in [1.807, 2.05) is 6.07 Å². The largest absolute Gasteiger partial charge is 0.370 e. The van der Waals surface area contributed by atoms with E-state index in [4.69, 9.17) is 5.73 Å². The first-order valence-electron chi connectivity index (χ1n) is 5.93. The summed E-state index contributed by atoms with van der Waals surface area (Å²) in [4.78, 5) is 35.9. The third-order valence-electron chi connectivity index (χ3n) is 3.21. The van der Waals surface area contributed by atoms with E-state index in [2.05, 4.69) is 5.32 Å². The molecule has 0 aliphatic carbocycles. The number of benzene rings is 1. The molecule has 1 heterocycles. The highest BCUT2D eigenvalue weighted by molar-refractivity contribution is 6.07. The van der Waals surface area contributed by atoms with Gasteiger partial charge in [-0.25, -0.2) is 4.79 Å². The predicted octanol–water partition coefficient (Wildman–Crippen LogP) is 0.329. The first kappa shape index (κ1) is 13.1. The lowest BCUT2D eigenvalue weighted by molar-refractivity contribution is -0.131. The molecule has 6 heteroatoms. The van der Waals surface area contributed by atoms with E-state index in [0.717, 1.165) is 4.90 Å². The third-order valence-corrected chi connectivity index (χ3v) is 3.21. The summed E-state index contributed by atoms with van der Waals surface area (Å²) in [6.45, 7) is 1.65. The smallest absolute Gasteiger partial charge is 0.325 e. The van der Waals surface area contributed by atoms with Crippen LogP contribution in [0.1, 0.15) is 18.9 Å². The molecule has 1 aliphatic rings. The van der Waals surface area contributed by atoms with E-state index in [1.165, 1.54) is 0 Å². The molecule has 1 saturated heterocycles. The van der Waals surface area contributed by atoms with Crippen molar-refractivity contribution in [2.45, 2.75) is 18.9 Å². The van der Waals surface area contributed by atoms with Gasteiger partial charge in [0.25, 0.3) is 5.91 Å². The van der Waals surface area contributed by atoms with Crippen molar-refractivity contribution in [2.75, 3.05) is 6.54 Å². The van der Waals surface area contributed by atoms with Crippen LogP contribution in [0.3, 0.4) is 0 Å². The quantitative estimate of drug-likeness (QED) is 0.765. The van der Waals surface area contributed by atoms with Crippen LogP contribution in [-0.2, 0) is 15.1 Å². The lowest BCUT2D eigenvalue weighted by atomic mass is 9.92. The average molecular weight is 261 g/mol. The Morgan fingerprint density at radius 2 is 1.95 bits per heavy atom. The second kappa shape index (κ2) is 4.72. The number of nitrogens with one attached hydrogen (secondary N) is 1. The average Bonchev–Trinajstić information content (AvgIpc) is 2.60. The number of urea groups is 1. The van der Waals surface area contributed by atoms with Gasteiger partial charge in [0, 0.05) is 13.0 Å². The first-order valence-corrected chi connectivity index (χ1v) is 5.93. The van der Waals surface area contributed by atoms with E-state index in [0.29, 0.717) is 5.56 Å². The molecule has 0 saturated carbocycles. The number of carbonyl (C=O) groups is 3. The Balaban J connectivity index is 2.24. The molecule has 1 aromatic rings. The normalized spacial score (nSPS) is 22.5. The summed E-state index contributed by atoms with van der Waals surface area (Å²) in [5.74, 6) is -0.918. The van der Waals surface area contributed by atoms with Crippen LogP contribution in [0.2, 0.25) is 0 Å². The van der Waals surface area contributed by atoms with Crippen LogP contribution in [-0.4, -0.2) is 29.3 Å². The molecular weight excluding hydrogens is 246 g/mol. The maximum atomic E-state index is 12.3. The lowest BCUT2D eigenvalue weighted by Gasteiger charge is -2.22. The minimum atomic E-state index is -1.09. The number of nitrogens with two attached hydrogens (primary N) is 1. The van der Waals surface area contributed by atoms with Crippen molar-refractivity contribution < 1.29 is 14.4 Å². The Kier molecular flexibility index (Phi) is 3.25. The minimum absolute atomic E-state index is 0.00240. The molecule has 6 nitrogen and oxygen atoms in total. The number of hydrogen-bond donors (Lipinski definition) is 2. The molecule has 1 unspecified atom stereocenters. The van der Waals surface area contributed by atoms with Gasteiger partial charge < -0.3 is 11.1 Å². The third kappa shape index (κ3) is 2.29. The van der Waals surface area contributed by atoms with Crippen molar-refractivity contribution in [2.24, 2.45) is 5.73 Å². The van der Waals surface area contributed by atoms with Gasteiger partial charge >= 0.3 is 6.03 Å². The number of hydrogen-bond acceptors (Lipinski definition) is 3. The highest BCUT2D eigenvalue weighted by Gasteiger charge is 2.48. The summed E-state index contributed by atoms with van der Waals surface area (Å²) in [5, 5.41) is 2.66. The van der Waals surface area contributed by atoms with Crippen molar-refractivity contribution >= 4 is 17.8 Å². The lowest BCUT2D eigenvalue weighted by Crippen LogP contribution is -2.41. The Bertz CT molecular complexity index is 529. The molecule has 0 aromatic heterocycles. The van der Waals surface area contributed by atoms with Crippen LogP contribution in [0.5, 0.6) is 0 Å². The van der Waals surface area contributed by atoms with Gasteiger partial charge in [-0.1, -0.05) is 30.3 Å². The number of imide groups is 1. The molecule has 19 heavy (non-hydrogen) atoms. The SMILES string of the molecule is CC1(c2ccccc2)NC(=O)N(CCC(N)=O)C1=O. The highest BCUT2D eigenvalue weighted by atomic mass is 16.2. The van der Waals surface area contributed by atoms with Gasteiger partial charge in [-0.2, -0.15) is 0 Å². The van der Waals surface area contributed by atoms with Gasteiger partial charge in [0.2, 0.25) is 5.91 Å². The first-order chi connectivity index (χ1) is 8.95. The van der Waals surface area contributed by atoms with Crippen LogP contribution in [0.25, 0.3) is 0 Å². The van der Waals surface area contributed by atoms with Gasteiger partial charge in [-0.3, -0.25) is 14.5 Å². The molecule has 2 rings (SSSR count). The highest BCUT2D eigenvalue weighted by Crippen LogP contribution is 2.28. The topological polar surface area (TPSA) is 92.5 Å². The van der Waals surface area contributed by atoms with E-state index in [-0.39, 0.29) is 18.9 Å². The summed E-state index contributed by atoms with van der Waals surface area (Å²) in [6, 6.07) is 8.47. The number of nitrogens with zero attached hydrogens (tertiary/aromatic N) is 1. The second-order valence-electron chi connectivity index (χ2n) is 4.59. The van der Waals surface area contributed by atoms with Crippen molar-refractivity contribution in [1.29, 1.82) is 0 Å². The minimum Gasteiger partial charge on any atom is -0.370 e. The van der Waals surface area contributed by atoms with Crippen molar-refractivity contribution in [3.63, 3.8) is 0 Å². The zero-order chi connectivity index (χ0) is 14.0. The van der Waals surface area contributed by atoms with E-state index in [9.17, 15) is 14.4 Å². The maximum absolute atomic E-state index is 12.3. The number of carbonyl (C=O) groups excluding carboxylic acids is 3. The zero-order valence-corrected chi connectivity index (χ0v) is 10.6.